The van der Waals surface area contributed by atoms with E-state index in [1.165, 1.54) is 53.6 Å². The fraction of sp³-hybridized carbons (Fsp3) is 0.0930. The smallest absolute Gasteiger partial charge is 0.145 e. The molecule has 3 nitrogen and oxygen atoms in total. The monoisotopic (exact) mass is 622 g/mol. The molecule has 47 heavy (non-hydrogen) atoms. The topological polar surface area (TPSA) is 37.5 Å². The Morgan fingerprint density at radius 3 is 2.28 bits per heavy atom. The Bertz CT molecular complexity index is 2650. The van der Waals surface area contributed by atoms with Crippen molar-refractivity contribution < 1.29 is 4.42 Å². The van der Waals surface area contributed by atoms with Gasteiger partial charge in [-0.2, -0.15) is 0 Å². The molecule has 1 atom stereocenters. The van der Waals surface area contributed by atoms with Gasteiger partial charge in [-0.25, -0.2) is 0 Å². The highest BCUT2D eigenvalue weighted by Gasteiger charge is 2.37. The minimum absolute atomic E-state index is 0.0859. The summed E-state index contributed by atoms with van der Waals surface area (Å²) in [6.45, 7) is 4.67. The third-order valence-corrected chi connectivity index (χ3v) is 11.4. The van der Waals surface area contributed by atoms with Gasteiger partial charge in [-0.05, 0) is 58.2 Å². The van der Waals surface area contributed by atoms with Gasteiger partial charge in [0.05, 0.1) is 5.71 Å². The van der Waals surface area contributed by atoms with Crippen molar-refractivity contribution in [2.45, 2.75) is 25.4 Å². The number of hydrogen-bond donors (Lipinski definition) is 1. The number of nitrogens with zero attached hydrogens (tertiary/aromatic N) is 1. The van der Waals surface area contributed by atoms with Crippen molar-refractivity contribution in [2.75, 3.05) is 0 Å². The fourth-order valence-corrected chi connectivity index (χ4v) is 9.07. The van der Waals surface area contributed by atoms with E-state index in [0.717, 1.165) is 38.9 Å². The highest BCUT2D eigenvalue weighted by molar-refractivity contribution is 7.26. The fourth-order valence-electron chi connectivity index (χ4n) is 7.84. The van der Waals surface area contributed by atoms with Crippen LogP contribution in [0.3, 0.4) is 0 Å². The van der Waals surface area contributed by atoms with E-state index in [2.05, 4.69) is 141 Å². The van der Waals surface area contributed by atoms with Crippen LogP contribution in [-0.2, 0) is 5.41 Å². The van der Waals surface area contributed by atoms with Crippen molar-refractivity contribution in [3.05, 3.63) is 161 Å². The van der Waals surface area contributed by atoms with Crippen LogP contribution < -0.4 is 5.32 Å². The second kappa shape index (κ2) is 9.78. The summed E-state index contributed by atoms with van der Waals surface area (Å²) >= 11 is 1.86. The number of nitrogens with one attached hydrogen (secondary N) is 1. The minimum atomic E-state index is -0.284. The van der Waals surface area contributed by atoms with Gasteiger partial charge in [0.1, 0.15) is 17.3 Å². The Kier molecular flexibility index (Phi) is 5.56. The summed E-state index contributed by atoms with van der Waals surface area (Å²) in [7, 11) is 0. The van der Waals surface area contributed by atoms with E-state index in [-0.39, 0.29) is 11.6 Å². The molecule has 0 spiro atoms. The molecular formula is C43H30N2OS. The number of hydrogen-bond acceptors (Lipinski definition) is 4. The quantitative estimate of drug-likeness (QED) is 0.213. The largest absolute Gasteiger partial charge is 0.456 e. The lowest BCUT2D eigenvalue weighted by molar-refractivity contribution is 0.658. The highest BCUT2D eigenvalue weighted by atomic mass is 32.1. The zero-order chi connectivity index (χ0) is 31.3. The zero-order valence-corrected chi connectivity index (χ0v) is 26.9. The van der Waals surface area contributed by atoms with Crippen LogP contribution in [-0.4, -0.2) is 5.71 Å². The molecule has 2 aliphatic rings. The van der Waals surface area contributed by atoms with Crippen molar-refractivity contribution >= 4 is 64.9 Å². The standard InChI is InChI=1S/C43H30N2OS/c1-43(2)33-17-6-3-13-29(33)40-30(15-10-18-34(40)43)35-24-36(31-16-9-14-28-27-12-5-8-20-39(27)47-41(28)31)45-42(44-35)25-21-22-38-32(23-25)26-11-4-7-19-37(26)46-38/h3-24,42,45H,1-2H3. The van der Waals surface area contributed by atoms with E-state index < -0.39 is 0 Å². The van der Waals surface area contributed by atoms with Crippen LogP contribution in [0.5, 0.6) is 0 Å². The van der Waals surface area contributed by atoms with E-state index in [9.17, 15) is 0 Å². The number of fused-ring (bicyclic) bond motifs is 9. The van der Waals surface area contributed by atoms with Gasteiger partial charge in [0, 0.05) is 53.2 Å². The molecule has 4 heteroatoms. The third-order valence-electron chi connectivity index (χ3n) is 10.1. The van der Waals surface area contributed by atoms with Gasteiger partial charge in [0.15, 0.2) is 0 Å². The predicted octanol–water partition coefficient (Wildman–Crippen LogP) is 11.4. The van der Waals surface area contributed by atoms with Crippen molar-refractivity contribution in [1.82, 2.24) is 5.32 Å². The number of para-hydroxylation sites is 1. The first kappa shape index (κ1) is 26.7. The first-order valence-corrected chi connectivity index (χ1v) is 17.0. The zero-order valence-electron chi connectivity index (χ0n) is 26.0. The van der Waals surface area contributed by atoms with Gasteiger partial charge in [-0.3, -0.25) is 4.99 Å². The Hall–Kier alpha value is -5.45. The molecule has 6 aromatic carbocycles. The van der Waals surface area contributed by atoms with Crippen molar-refractivity contribution in [2.24, 2.45) is 4.99 Å². The third kappa shape index (κ3) is 3.88. The average Bonchev–Trinajstić information content (AvgIpc) is 3.76. The van der Waals surface area contributed by atoms with Gasteiger partial charge in [-0.15, -0.1) is 11.3 Å². The Balaban J connectivity index is 1.21. The van der Waals surface area contributed by atoms with Crippen LogP contribution >= 0.6 is 11.3 Å². The second-order valence-corrected chi connectivity index (χ2v) is 14.2. The molecule has 10 rings (SSSR count). The molecule has 0 amide bonds. The molecular weight excluding hydrogens is 593 g/mol. The van der Waals surface area contributed by atoms with Gasteiger partial charge < -0.3 is 9.73 Å². The van der Waals surface area contributed by atoms with Gasteiger partial charge >= 0.3 is 0 Å². The summed E-state index contributed by atoms with van der Waals surface area (Å²) in [5.74, 6) is 0. The number of rotatable bonds is 3. The molecule has 0 fully saturated rings. The summed E-state index contributed by atoms with van der Waals surface area (Å²) < 4.78 is 8.78. The summed E-state index contributed by atoms with van der Waals surface area (Å²) in [5, 5.41) is 8.69. The Morgan fingerprint density at radius 2 is 1.34 bits per heavy atom. The minimum Gasteiger partial charge on any atom is -0.456 e. The number of benzene rings is 6. The Morgan fingerprint density at radius 1 is 0.638 bits per heavy atom. The van der Waals surface area contributed by atoms with Crippen molar-refractivity contribution in [3.8, 4) is 11.1 Å². The molecule has 224 valence electrons. The molecule has 1 aliphatic heterocycles. The predicted molar refractivity (Wildman–Crippen MR) is 197 cm³/mol. The average molecular weight is 623 g/mol. The molecule has 3 heterocycles. The number of aliphatic imine (C=N–C) groups is 1. The normalized spacial score (nSPS) is 16.7. The van der Waals surface area contributed by atoms with Crippen LogP contribution in [0.15, 0.2) is 143 Å². The summed E-state index contributed by atoms with van der Waals surface area (Å²) in [6.07, 6.45) is 1.98. The van der Waals surface area contributed by atoms with Gasteiger partial charge in [0.2, 0.25) is 0 Å². The molecule has 8 aromatic rings. The molecule has 0 saturated heterocycles. The van der Waals surface area contributed by atoms with Gasteiger partial charge in [-0.1, -0.05) is 117 Å². The van der Waals surface area contributed by atoms with E-state index >= 15 is 0 Å². The summed E-state index contributed by atoms with van der Waals surface area (Å²) in [5.41, 5.74) is 12.5. The molecule has 1 N–H and O–H groups in total. The number of thiophene rings is 1. The first-order chi connectivity index (χ1) is 23.0. The SMILES string of the molecule is CC1(C)c2ccccc2-c2c(C3=NC(c4ccc5oc6ccccc6c5c4)NC(c4cccc5c4sc4ccccc45)=C3)cccc21. The maximum absolute atomic E-state index is 6.19. The highest BCUT2D eigenvalue weighted by Crippen LogP contribution is 2.50. The molecule has 0 bridgehead atoms. The van der Waals surface area contributed by atoms with Crippen molar-refractivity contribution in [1.29, 1.82) is 0 Å². The van der Waals surface area contributed by atoms with Crippen LogP contribution in [0.1, 0.15) is 47.8 Å². The lowest BCUT2D eigenvalue weighted by atomic mass is 9.82. The number of furan rings is 1. The molecule has 1 aliphatic carbocycles. The lowest BCUT2D eigenvalue weighted by Crippen LogP contribution is -2.25. The van der Waals surface area contributed by atoms with Crippen LogP contribution in [0.25, 0.3) is 58.9 Å². The van der Waals surface area contributed by atoms with Crippen molar-refractivity contribution in [3.63, 3.8) is 0 Å². The maximum atomic E-state index is 6.19. The second-order valence-electron chi connectivity index (χ2n) is 13.2. The molecule has 0 saturated carbocycles. The first-order valence-electron chi connectivity index (χ1n) is 16.2. The maximum Gasteiger partial charge on any atom is 0.145 e. The van der Waals surface area contributed by atoms with E-state index in [0.29, 0.717) is 0 Å². The molecule has 1 unspecified atom stereocenters. The van der Waals surface area contributed by atoms with E-state index in [4.69, 9.17) is 9.41 Å². The van der Waals surface area contributed by atoms with Crippen LogP contribution in [0, 0.1) is 0 Å². The summed E-state index contributed by atoms with van der Waals surface area (Å²) in [4.78, 5) is 5.49. The summed E-state index contributed by atoms with van der Waals surface area (Å²) in [6, 6.07) is 45.7. The van der Waals surface area contributed by atoms with E-state index in [1.807, 2.05) is 23.5 Å². The van der Waals surface area contributed by atoms with Crippen LogP contribution in [0.2, 0.25) is 0 Å². The van der Waals surface area contributed by atoms with Crippen LogP contribution in [0.4, 0.5) is 0 Å². The Labute approximate surface area is 276 Å². The molecule has 2 aromatic heterocycles. The number of allylic oxidation sites excluding steroid dienone is 1. The van der Waals surface area contributed by atoms with Gasteiger partial charge in [0.25, 0.3) is 0 Å². The molecule has 0 radical (unpaired) electrons. The van der Waals surface area contributed by atoms with E-state index in [1.54, 1.807) is 0 Å². The lowest BCUT2D eigenvalue weighted by Gasteiger charge is -2.26.